The summed E-state index contributed by atoms with van der Waals surface area (Å²) in [6.45, 7) is 1.07. The van der Waals surface area contributed by atoms with Gasteiger partial charge in [-0.05, 0) is 45.8 Å². The van der Waals surface area contributed by atoms with Crippen molar-refractivity contribution in [2.45, 2.75) is 13.1 Å². The lowest BCUT2D eigenvalue weighted by molar-refractivity contribution is 0.352. The molecule has 0 amide bonds. The fraction of sp³-hybridized carbons (Fsp3) is 0.278. The van der Waals surface area contributed by atoms with Crippen LogP contribution in [0, 0.1) is 0 Å². The van der Waals surface area contributed by atoms with E-state index in [1.807, 2.05) is 40.9 Å². The average molecular weight is 433 g/mol. The zero-order valence-corrected chi connectivity index (χ0v) is 16.9. The second kappa shape index (κ2) is 8.72. The SMILES string of the molecule is CN=C(NCc1cc(Br)c(OC)c(OC)c1)NCc1nnc2ccccn12. The number of benzene rings is 1. The largest absolute Gasteiger partial charge is 0.493 e. The van der Waals surface area contributed by atoms with Crippen molar-refractivity contribution in [2.75, 3.05) is 21.3 Å². The molecule has 8 nitrogen and oxygen atoms in total. The lowest BCUT2D eigenvalue weighted by Gasteiger charge is -2.14. The van der Waals surface area contributed by atoms with E-state index in [2.05, 4.69) is 41.8 Å². The third-order valence-electron chi connectivity index (χ3n) is 3.98. The number of aromatic nitrogens is 3. The molecule has 0 aliphatic rings. The number of hydrogen-bond donors (Lipinski definition) is 2. The molecule has 9 heteroatoms. The Labute approximate surface area is 165 Å². The van der Waals surface area contributed by atoms with E-state index in [4.69, 9.17) is 9.47 Å². The molecule has 142 valence electrons. The standard InChI is InChI=1S/C18H21BrN6O2/c1-20-18(22-11-16-24-23-15-6-4-5-7-25(15)16)21-10-12-8-13(19)17(27-3)14(9-12)26-2/h4-9H,10-11H2,1-3H3,(H2,20,21,22). The van der Waals surface area contributed by atoms with Crippen LogP contribution < -0.4 is 20.1 Å². The van der Waals surface area contributed by atoms with Gasteiger partial charge in [0.05, 0.1) is 25.2 Å². The number of nitrogens with zero attached hydrogens (tertiary/aromatic N) is 4. The first-order valence-electron chi connectivity index (χ1n) is 8.29. The molecular weight excluding hydrogens is 412 g/mol. The van der Waals surface area contributed by atoms with Crippen molar-refractivity contribution in [2.24, 2.45) is 4.99 Å². The van der Waals surface area contributed by atoms with Crippen molar-refractivity contribution in [3.05, 3.63) is 52.4 Å². The van der Waals surface area contributed by atoms with Crippen LogP contribution in [0.2, 0.25) is 0 Å². The Bertz CT molecular complexity index is 956. The fourth-order valence-corrected chi connectivity index (χ4v) is 3.31. The summed E-state index contributed by atoms with van der Waals surface area (Å²) in [4.78, 5) is 4.25. The van der Waals surface area contributed by atoms with Gasteiger partial charge in [0, 0.05) is 19.8 Å². The maximum Gasteiger partial charge on any atom is 0.191 e. The zero-order chi connectivity index (χ0) is 19.2. The Kier molecular flexibility index (Phi) is 6.12. The van der Waals surface area contributed by atoms with Crippen molar-refractivity contribution < 1.29 is 9.47 Å². The number of halogens is 1. The number of ether oxygens (including phenoxy) is 2. The van der Waals surface area contributed by atoms with Crippen molar-refractivity contribution in [3.8, 4) is 11.5 Å². The highest BCUT2D eigenvalue weighted by Gasteiger charge is 2.11. The molecule has 3 aromatic rings. The van der Waals surface area contributed by atoms with Gasteiger partial charge in [-0.3, -0.25) is 9.39 Å². The van der Waals surface area contributed by atoms with Gasteiger partial charge in [-0.2, -0.15) is 0 Å². The molecule has 0 saturated heterocycles. The van der Waals surface area contributed by atoms with E-state index in [0.29, 0.717) is 30.5 Å². The van der Waals surface area contributed by atoms with Gasteiger partial charge >= 0.3 is 0 Å². The molecule has 0 bridgehead atoms. The van der Waals surface area contributed by atoms with Gasteiger partial charge < -0.3 is 20.1 Å². The summed E-state index contributed by atoms with van der Waals surface area (Å²) in [5, 5.41) is 14.9. The van der Waals surface area contributed by atoms with Crippen LogP contribution in [0.4, 0.5) is 0 Å². The Morgan fingerprint density at radius 1 is 1.15 bits per heavy atom. The van der Waals surface area contributed by atoms with Gasteiger partial charge in [-0.25, -0.2) is 0 Å². The van der Waals surface area contributed by atoms with Gasteiger partial charge in [0.15, 0.2) is 28.9 Å². The maximum absolute atomic E-state index is 5.38. The number of hydrogen-bond acceptors (Lipinski definition) is 5. The van der Waals surface area contributed by atoms with Gasteiger partial charge in [0.25, 0.3) is 0 Å². The number of nitrogens with one attached hydrogen (secondary N) is 2. The van der Waals surface area contributed by atoms with E-state index < -0.39 is 0 Å². The predicted octanol–water partition coefficient (Wildman–Crippen LogP) is 2.37. The van der Waals surface area contributed by atoms with Gasteiger partial charge in [0.1, 0.15) is 0 Å². The summed E-state index contributed by atoms with van der Waals surface area (Å²) >= 11 is 3.51. The Morgan fingerprint density at radius 2 is 1.96 bits per heavy atom. The van der Waals surface area contributed by atoms with Crippen LogP contribution >= 0.6 is 15.9 Å². The molecule has 2 N–H and O–H groups in total. The van der Waals surface area contributed by atoms with Crippen LogP contribution in [0.1, 0.15) is 11.4 Å². The smallest absolute Gasteiger partial charge is 0.191 e. The molecule has 0 spiro atoms. The fourth-order valence-electron chi connectivity index (χ4n) is 2.65. The van der Waals surface area contributed by atoms with Crippen LogP contribution in [-0.4, -0.2) is 41.8 Å². The normalized spacial score (nSPS) is 11.5. The van der Waals surface area contributed by atoms with E-state index in [-0.39, 0.29) is 0 Å². The first kappa shape index (κ1) is 19.0. The molecule has 0 fully saturated rings. The number of rotatable bonds is 6. The van der Waals surface area contributed by atoms with Crippen LogP contribution in [0.25, 0.3) is 5.65 Å². The molecule has 0 unspecified atom stereocenters. The third-order valence-corrected chi connectivity index (χ3v) is 4.56. The lowest BCUT2D eigenvalue weighted by atomic mass is 10.2. The van der Waals surface area contributed by atoms with Gasteiger partial charge in [-0.15, -0.1) is 10.2 Å². The Morgan fingerprint density at radius 3 is 2.70 bits per heavy atom. The quantitative estimate of drug-likeness (QED) is 0.459. The molecule has 3 rings (SSSR count). The number of fused-ring (bicyclic) bond motifs is 1. The van der Waals surface area contributed by atoms with E-state index in [0.717, 1.165) is 21.5 Å². The van der Waals surface area contributed by atoms with Crippen molar-refractivity contribution in [1.82, 2.24) is 25.2 Å². The maximum atomic E-state index is 5.38. The highest BCUT2D eigenvalue weighted by Crippen LogP contribution is 2.36. The van der Waals surface area contributed by atoms with Crippen LogP contribution in [-0.2, 0) is 13.1 Å². The molecular formula is C18H21BrN6O2. The van der Waals surface area contributed by atoms with Crippen molar-refractivity contribution >= 4 is 27.5 Å². The van der Waals surface area contributed by atoms with Crippen LogP contribution in [0.15, 0.2) is 46.0 Å². The molecule has 0 aliphatic carbocycles. The number of guanidine groups is 1. The van der Waals surface area contributed by atoms with Crippen molar-refractivity contribution in [3.63, 3.8) is 0 Å². The summed E-state index contributed by atoms with van der Waals surface area (Å²) in [7, 11) is 4.95. The van der Waals surface area contributed by atoms with Gasteiger partial charge in [0.2, 0.25) is 0 Å². The van der Waals surface area contributed by atoms with Crippen LogP contribution in [0.5, 0.6) is 11.5 Å². The van der Waals surface area contributed by atoms with Crippen molar-refractivity contribution in [1.29, 1.82) is 0 Å². The summed E-state index contributed by atoms with van der Waals surface area (Å²) in [6, 6.07) is 9.70. The number of aliphatic imine (C=N–C) groups is 1. The second-order valence-electron chi connectivity index (χ2n) is 5.64. The molecule has 2 aromatic heterocycles. The summed E-state index contributed by atoms with van der Waals surface area (Å²) in [6.07, 6.45) is 1.93. The Balaban J connectivity index is 1.63. The second-order valence-corrected chi connectivity index (χ2v) is 6.49. The summed E-state index contributed by atoms with van der Waals surface area (Å²) < 4.78 is 13.5. The Hall–Kier alpha value is -2.81. The molecule has 0 saturated carbocycles. The van der Waals surface area contributed by atoms with Crippen LogP contribution in [0.3, 0.4) is 0 Å². The molecule has 0 atom stereocenters. The monoisotopic (exact) mass is 432 g/mol. The molecule has 1 aromatic carbocycles. The summed E-state index contributed by atoms with van der Waals surface area (Å²) in [5.41, 5.74) is 1.84. The van der Waals surface area contributed by atoms with E-state index in [1.54, 1.807) is 21.3 Å². The topological polar surface area (TPSA) is 85.1 Å². The average Bonchev–Trinajstić information content (AvgIpc) is 3.11. The predicted molar refractivity (Wildman–Crippen MR) is 107 cm³/mol. The third kappa shape index (κ3) is 4.30. The lowest BCUT2D eigenvalue weighted by Crippen LogP contribution is -2.36. The first-order chi connectivity index (χ1) is 13.2. The van der Waals surface area contributed by atoms with Gasteiger partial charge in [-0.1, -0.05) is 6.07 Å². The highest BCUT2D eigenvalue weighted by molar-refractivity contribution is 9.10. The summed E-state index contributed by atoms with van der Waals surface area (Å²) in [5.74, 6) is 2.81. The molecule has 0 aliphatic heterocycles. The minimum Gasteiger partial charge on any atom is -0.493 e. The highest BCUT2D eigenvalue weighted by atomic mass is 79.9. The molecule has 2 heterocycles. The minimum atomic E-state index is 0.500. The number of methoxy groups -OCH3 is 2. The molecule has 27 heavy (non-hydrogen) atoms. The van der Waals surface area contributed by atoms with E-state index in [1.165, 1.54) is 0 Å². The first-order valence-corrected chi connectivity index (χ1v) is 9.09. The number of pyridine rings is 1. The minimum absolute atomic E-state index is 0.500. The van der Waals surface area contributed by atoms with E-state index >= 15 is 0 Å². The zero-order valence-electron chi connectivity index (χ0n) is 15.4. The van der Waals surface area contributed by atoms with E-state index in [9.17, 15) is 0 Å². The molecule has 0 radical (unpaired) electrons.